The number of carbonyl (C=O) groups is 1. The van der Waals surface area contributed by atoms with Gasteiger partial charge in [-0.3, -0.25) is 4.79 Å². The lowest BCUT2D eigenvalue weighted by molar-refractivity contribution is -0.116. The molecule has 0 saturated carbocycles. The number of hydrogen-bond donors (Lipinski definition) is 1. The minimum absolute atomic E-state index is 0.0414. The normalized spacial score (nSPS) is 12.3. The molecule has 0 unspecified atom stereocenters. The molecule has 3 rings (SSSR count). The molecule has 3 aromatic rings. The summed E-state index contributed by atoms with van der Waals surface area (Å²) in [5.41, 5.74) is 4.56. The summed E-state index contributed by atoms with van der Waals surface area (Å²) in [6, 6.07) is 13.8. The Morgan fingerprint density at radius 2 is 2.04 bits per heavy atom. The number of amides is 1. The molecule has 0 aliphatic rings. The van der Waals surface area contributed by atoms with E-state index in [0.29, 0.717) is 18.2 Å². The standard InChI is InChI=1S/C22H26N2O2/c1-4-6-10-21(25)23-18-9-7-8-17(13-18)22-24-19-14-16(15(3)5-2)11-12-20(19)26-22/h7-9,11-15H,4-6,10H2,1-3H3,(H,23,25)/t15-/m1/s1. The van der Waals surface area contributed by atoms with Crippen LogP contribution in [0.2, 0.25) is 0 Å². The molecule has 1 aromatic heterocycles. The zero-order valence-electron chi connectivity index (χ0n) is 15.7. The monoisotopic (exact) mass is 350 g/mol. The summed E-state index contributed by atoms with van der Waals surface area (Å²) in [4.78, 5) is 16.6. The lowest BCUT2D eigenvalue weighted by atomic mass is 9.98. The average Bonchev–Trinajstić information content (AvgIpc) is 3.09. The van der Waals surface area contributed by atoms with Crippen LogP contribution in [0.1, 0.15) is 57.9 Å². The number of nitrogens with one attached hydrogen (secondary N) is 1. The first-order valence-electron chi connectivity index (χ1n) is 9.41. The van der Waals surface area contributed by atoms with E-state index in [4.69, 9.17) is 4.42 Å². The number of rotatable bonds is 7. The number of carbonyl (C=O) groups excluding carboxylic acids is 1. The fourth-order valence-electron chi connectivity index (χ4n) is 2.90. The number of fused-ring (bicyclic) bond motifs is 1. The summed E-state index contributed by atoms with van der Waals surface area (Å²) in [6.45, 7) is 6.48. The van der Waals surface area contributed by atoms with E-state index in [1.807, 2.05) is 30.3 Å². The third kappa shape index (κ3) is 4.13. The summed E-state index contributed by atoms with van der Waals surface area (Å²) < 4.78 is 5.92. The number of anilines is 1. The molecule has 0 aliphatic carbocycles. The first-order chi connectivity index (χ1) is 12.6. The smallest absolute Gasteiger partial charge is 0.227 e. The molecular formula is C22H26N2O2. The Kier molecular flexibility index (Phi) is 5.71. The van der Waals surface area contributed by atoms with Crippen LogP contribution in [0.15, 0.2) is 46.9 Å². The van der Waals surface area contributed by atoms with E-state index in [2.05, 4.69) is 43.2 Å². The van der Waals surface area contributed by atoms with Crippen LogP contribution in [0.25, 0.3) is 22.6 Å². The van der Waals surface area contributed by atoms with Gasteiger partial charge in [-0.05, 0) is 54.7 Å². The van der Waals surface area contributed by atoms with Crippen molar-refractivity contribution in [1.82, 2.24) is 4.98 Å². The van der Waals surface area contributed by atoms with Crippen molar-refractivity contribution < 1.29 is 9.21 Å². The van der Waals surface area contributed by atoms with Gasteiger partial charge < -0.3 is 9.73 Å². The quantitative estimate of drug-likeness (QED) is 0.557. The van der Waals surface area contributed by atoms with Gasteiger partial charge in [-0.25, -0.2) is 4.98 Å². The molecule has 0 fully saturated rings. The minimum atomic E-state index is 0.0414. The predicted octanol–water partition coefficient (Wildman–Crippen LogP) is 6.14. The van der Waals surface area contributed by atoms with Crippen molar-refractivity contribution >= 4 is 22.7 Å². The van der Waals surface area contributed by atoms with Gasteiger partial charge in [0, 0.05) is 17.7 Å². The largest absolute Gasteiger partial charge is 0.436 e. The third-order valence-electron chi connectivity index (χ3n) is 4.74. The van der Waals surface area contributed by atoms with Gasteiger partial charge in [0.15, 0.2) is 5.58 Å². The zero-order valence-corrected chi connectivity index (χ0v) is 15.7. The molecule has 1 atom stereocenters. The Morgan fingerprint density at radius 1 is 1.19 bits per heavy atom. The van der Waals surface area contributed by atoms with E-state index in [-0.39, 0.29) is 5.91 Å². The number of hydrogen-bond acceptors (Lipinski definition) is 3. The molecule has 136 valence electrons. The van der Waals surface area contributed by atoms with Crippen molar-refractivity contribution in [2.45, 2.75) is 52.4 Å². The van der Waals surface area contributed by atoms with Crippen molar-refractivity contribution in [2.24, 2.45) is 0 Å². The van der Waals surface area contributed by atoms with Gasteiger partial charge in [-0.1, -0.05) is 39.3 Å². The van der Waals surface area contributed by atoms with Crippen LogP contribution in [0.5, 0.6) is 0 Å². The van der Waals surface area contributed by atoms with Crippen LogP contribution in [0.4, 0.5) is 5.69 Å². The first-order valence-corrected chi connectivity index (χ1v) is 9.41. The zero-order chi connectivity index (χ0) is 18.5. The fraction of sp³-hybridized carbons (Fsp3) is 0.364. The highest BCUT2D eigenvalue weighted by molar-refractivity contribution is 5.91. The topological polar surface area (TPSA) is 55.1 Å². The molecule has 0 spiro atoms. The average molecular weight is 350 g/mol. The molecule has 1 amide bonds. The van der Waals surface area contributed by atoms with E-state index in [9.17, 15) is 4.79 Å². The van der Waals surface area contributed by atoms with Gasteiger partial charge in [0.1, 0.15) is 5.52 Å². The van der Waals surface area contributed by atoms with Gasteiger partial charge in [0.2, 0.25) is 11.8 Å². The molecule has 0 saturated heterocycles. The van der Waals surface area contributed by atoms with E-state index < -0.39 is 0 Å². The Morgan fingerprint density at radius 3 is 2.81 bits per heavy atom. The molecule has 2 aromatic carbocycles. The number of aromatic nitrogens is 1. The van der Waals surface area contributed by atoms with E-state index in [1.165, 1.54) is 5.56 Å². The Balaban J connectivity index is 1.84. The van der Waals surface area contributed by atoms with Crippen molar-refractivity contribution in [3.8, 4) is 11.5 Å². The fourth-order valence-corrected chi connectivity index (χ4v) is 2.90. The maximum atomic E-state index is 11.9. The summed E-state index contributed by atoms with van der Waals surface area (Å²) in [6.07, 6.45) is 3.54. The van der Waals surface area contributed by atoms with Gasteiger partial charge in [-0.2, -0.15) is 0 Å². The van der Waals surface area contributed by atoms with Crippen LogP contribution in [-0.2, 0) is 4.79 Å². The third-order valence-corrected chi connectivity index (χ3v) is 4.74. The Bertz CT molecular complexity index is 898. The molecule has 0 bridgehead atoms. The highest BCUT2D eigenvalue weighted by Gasteiger charge is 2.12. The molecule has 26 heavy (non-hydrogen) atoms. The first kappa shape index (κ1) is 18.2. The van der Waals surface area contributed by atoms with Crippen LogP contribution in [-0.4, -0.2) is 10.9 Å². The summed E-state index contributed by atoms with van der Waals surface area (Å²) >= 11 is 0. The molecule has 1 N–H and O–H groups in total. The van der Waals surface area contributed by atoms with E-state index >= 15 is 0 Å². The SMILES string of the molecule is CCCCC(=O)Nc1cccc(-c2nc3cc([C@H](C)CC)ccc3o2)c1. The van der Waals surface area contributed by atoms with Gasteiger partial charge in [0.25, 0.3) is 0 Å². The van der Waals surface area contributed by atoms with Crippen LogP contribution < -0.4 is 5.32 Å². The number of benzene rings is 2. The van der Waals surface area contributed by atoms with Crippen LogP contribution >= 0.6 is 0 Å². The predicted molar refractivity (Wildman–Crippen MR) is 106 cm³/mol. The van der Waals surface area contributed by atoms with E-state index in [1.54, 1.807) is 0 Å². The van der Waals surface area contributed by atoms with Gasteiger partial charge in [-0.15, -0.1) is 0 Å². The van der Waals surface area contributed by atoms with Crippen molar-refractivity contribution in [2.75, 3.05) is 5.32 Å². The van der Waals surface area contributed by atoms with Crippen molar-refractivity contribution in [3.63, 3.8) is 0 Å². The Labute approximate surface area is 154 Å². The summed E-state index contributed by atoms with van der Waals surface area (Å²) in [7, 11) is 0. The van der Waals surface area contributed by atoms with Gasteiger partial charge in [0.05, 0.1) is 0 Å². The lowest BCUT2D eigenvalue weighted by Crippen LogP contribution is -2.10. The van der Waals surface area contributed by atoms with Crippen LogP contribution in [0.3, 0.4) is 0 Å². The highest BCUT2D eigenvalue weighted by atomic mass is 16.3. The summed E-state index contributed by atoms with van der Waals surface area (Å²) in [5.74, 6) is 1.12. The summed E-state index contributed by atoms with van der Waals surface area (Å²) in [5, 5.41) is 2.94. The molecule has 0 radical (unpaired) electrons. The minimum Gasteiger partial charge on any atom is -0.436 e. The van der Waals surface area contributed by atoms with Gasteiger partial charge >= 0.3 is 0 Å². The second-order valence-corrected chi connectivity index (χ2v) is 6.79. The second-order valence-electron chi connectivity index (χ2n) is 6.79. The van der Waals surface area contributed by atoms with Crippen LogP contribution in [0, 0.1) is 0 Å². The lowest BCUT2D eigenvalue weighted by Gasteiger charge is -2.07. The molecule has 1 heterocycles. The molecule has 4 heteroatoms. The maximum absolute atomic E-state index is 11.9. The second kappa shape index (κ2) is 8.17. The highest BCUT2D eigenvalue weighted by Crippen LogP contribution is 2.29. The van der Waals surface area contributed by atoms with E-state index in [0.717, 1.165) is 41.6 Å². The number of oxazole rings is 1. The molecule has 4 nitrogen and oxygen atoms in total. The number of nitrogens with zero attached hydrogens (tertiary/aromatic N) is 1. The number of unbranched alkanes of at least 4 members (excludes halogenated alkanes) is 1. The maximum Gasteiger partial charge on any atom is 0.227 e. The van der Waals surface area contributed by atoms with Crippen molar-refractivity contribution in [1.29, 1.82) is 0 Å². The Hall–Kier alpha value is -2.62. The van der Waals surface area contributed by atoms with Crippen molar-refractivity contribution in [3.05, 3.63) is 48.0 Å². The molecule has 0 aliphatic heterocycles. The molecular weight excluding hydrogens is 324 g/mol.